The zero-order valence-electron chi connectivity index (χ0n) is 16.4. The molecule has 0 bridgehead atoms. The molecule has 0 unspecified atom stereocenters. The smallest absolute Gasteiger partial charge is 0.222 e. The molecule has 5 heteroatoms. The Morgan fingerprint density at radius 2 is 1.75 bits per heavy atom. The Balaban J connectivity index is 1.62. The number of anilines is 2. The summed E-state index contributed by atoms with van der Waals surface area (Å²) in [7, 11) is 0. The third kappa shape index (κ3) is 4.09. The first-order chi connectivity index (χ1) is 13.6. The van der Waals surface area contributed by atoms with Crippen molar-refractivity contribution in [2.45, 2.75) is 39.3 Å². The highest BCUT2D eigenvalue weighted by Crippen LogP contribution is 2.28. The van der Waals surface area contributed by atoms with Gasteiger partial charge >= 0.3 is 0 Å². The largest absolute Gasteiger partial charge is 0.491 e. The Labute approximate surface area is 166 Å². The molecule has 0 radical (unpaired) electrons. The average molecular weight is 374 g/mol. The summed E-state index contributed by atoms with van der Waals surface area (Å²) in [6.45, 7) is 5.83. The molecule has 1 aliphatic rings. The van der Waals surface area contributed by atoms with Gasteiger partial charge in [0.1, 0.15) is 11.6 Å². The highest BCUT2D eigenvalue weighted by Gasteiger charge is 2.17. The molecule has 0 aliphatic carbocycles. The van der Waals surface area contributed by atoms with Crippen LogP contribution in [0.25, 0.3) is 11.3 Å². The standard InChI is InChI=1S/C23H26N4O/c1-16(2)28-20-11-9-18(10-12-20)21-14-22(26-23(24)25-21)27-13-5-8-17-6-3-4-7-19(17)15-27/h3-4,6-7,9-12,14,16H,5,8,13,15H2,1-2H3,(H2,24,25,26). The lowest BCUT2D eigenvalue weighted by Gasteiger charge is -2.22. The molecule has 0 saturated carbocycles. The molecule has 144 valence electrons. The zero-order chi connectivity index (χ0) is 19.5. The minimum absolute atomic E-state index is 0.151. The Morgan fingerprint density at radius 3 is 2.50 bits per heavy atom. The second kappa shape index (κ2) is 7.89. The van der Waals surface area contributed by atoms with Crippen LogP contribution in [-0.4, -0.2) is 22.6 Å². The van der Waals surface area contributed by atoms with E-state index in [1.54, 1.807) is 0 Å². The predicted octanol–water partition coefficient (Wildman–Crippen LogP) is 4.47. The minimum atomic E-state index is 0.151. The van der Waals surface area contributed by atoms with E-state index in [2.05, 4.69) is 39.1 Å². The Bertz CT molecular complexity index is 953. The van der Waals surface area contributed by atoms with Crippen molar-refractivity contribution >= 4 is 11.8 Å². The lowest BCUT2D eigenvalue weighted by molar-refractivity contribution is 0.242. The quantitative estimate of drug-likeness (QED) is 0.730. The second-order valence-electron chi connectivity index (χ2n) is 7.45. The van der Waals surface area contributed by atoms with Crippen LogP contribution in [-0.2, 0) is 13.0 Å². The molecule has 4 rings (SSSR count). The third-order valence-corrected chi connectivity index (χ3v) is 4.93. The molecule has 2 aromatic carbocycles. The molecular formula is C23H26N4O. The molecule has 2 heterocycles. The number of hydrogen-bond donors (Lipinski definition) is 1. The van der Waals surface area contributed by atoms with Gasteiger partial charge in [0, 0.05) is 24.7 Å². The maximum absolute atomic E-state index is 6.06. The van der Waals surface area contributed by atoms with Crippen LogP contribution in [0.5, 0.6) is 5.75 Å². The van der Waals surface area contributed by atoms with Gasteiger partial charge in [-0.25, -0.2) is 4.98 Å². The highest BCUT2D eigenvalue weighted by atomic mass is 16.5. The number of fused-ring (bicyclic) bond motifs is 1. The summed E-state index contributed by atoms with van der Waals surface area (Å²) >= 11 is 0. The Morgan fingerprint density at radius 1 is 1.00 bits per heavy atom. The van der Waals surface area contributed by atoms with Gasteiger partial charge in [-0.05, 0) is 62.1 Å². The van der Waals surface area contributed by atoms with E-state index < -0.39 is 0 Å². The zero-order valence-corrected chi connectivity index (χ0v) is 16.4. The number of rotatable bonds is 4. The van der Waals surface area contributed by atoms with Gasteiger partial charge in [-0.1, -0.05) is 24.3 Å². The van der Waals surface area contributed by atoms with Gasteiger partial charge in [0.05, 0.1) is 11.8 Å². The van der Waals surface area contributed by atoms with E-state index in [1.165, 1.54) is 11.1 Å². The van der Waals surface area contributed by atoms with E-state index in [1.807, 2.05) is 44.2 Å². The molecule has 0 fully saturated rings. The Kier molecular flexibility index (Phi) is 5.15. The number of aromatic nitrogens is 2. The van der Waals surface area contributed by atoms with Gasteiger partial charge in [0.15, 0.2) is 0 Å². The van der Waals surface area contributed by atoms with Gasteiger partial charge in [0.2, 0.25) is 5.95 Å². The first-order valence-corrected chi connectivity index (χ1v) is 9.82. The predicted molar refractivity (Wildman–Crippen MR) is 113 cm³/mol. The number of hydrogen-bond acceptors (Lipinski definition) is 5. The SMILES string of the molecule is CC(C)Oc1ccc(-c2cc(N3CCCc4ccccc4C3)nc(N)n2)cc1. The molecule has 3 aromatic rings. The van der Waals surface area contributed by atoms with Crippen LogP contribution in [0.15, 0.2) is 54.6 Å². The first-order valence-electron chi connectivity index (χ1n) is 9.82. The van der Waals surface area contributed by atoms with Crippen molar-refractivity contribution in [3.8, 4) is 17.0 Å². The monoisotopic (exact) mass is 374 g/mol. The number of nitrogens with two attached hydrogens (primary N) is 1. The van der Waals surface area contributed by atoms with Gasteiger partial charge in [0.25, 0.3) is 0 Å². The first kappa shape index (κ1) is 18.3. The normalized spacial score (nSPS) is 13.9. The van der Waals surface area contributed by atoms with E-state index in [9.17, 15) is 0 Å². The number of nitrogens with zero attached hydrogens (tertiary/aromatic N) is 3. The molecule has 0 amide bonds. The van der Waals surface area contributed by atoms with E-state index >= 15 is 0 Å². The summed E-state index contributed by atoms with van der Waals surface area (Å²) < 4.78 is 5.73. The maximum atomic E-state index is 6.06. The number of ether oxygens (including phenoxy) is 1. The topological polar surface area (TPSA) is 64.3 Å². The summed E-state index contributed by atoms with van der Waals surface area (Å²) in [5.74, 6) is 2.03. The average Bonchev–Trinajstić information content (AvgIpc) is 2.90. The Hall–Kier alpha value is -3.08. The molecule has 2 N–H and O–H groups in total. The molecule has 1 aliphatic heterocycles. The summed E-state index contributed by atoms with van der Waals surface area (Å²) in [6.07, 6.45) is 2.34. The second-order valence-corrected chi connectivity index (χ2v) is 7.45. The van der Waals surface area contributed by atoms with Crippen molar-refractivity contribution in [1.82, 2.24) is 9.97 Å². The number of aryl methyl sites for hydroxylation is 1. The van der Waals surface area contributed by atoms with Crippen LogP contribution < -0.4 is 15.4 Å². The lowest BCUT2D eigenvalue weighted by atomic mass is 10.0. The van der Waals surface area contributed by atoms with Crippen LogP contribution in [0.3, 0.4) is 0 Å². The van der Waals surface area contributed by atoms with Crippen molar-refractivity contribution in [2.75, 3.05) is 17.2 Å². The van der Waals surface area contributed by atoms with Crippen LogP contribution in [0.1, 0.15) is 31.4 Å². The van der Waals surface area contributed by atoms with Crippen molar-refractivity contribution in [3.63, 3.8) is 0 Å². The van der Waals surface area contributed by atoms with Crippen molar-refractivity contribution in [2.24, 2.45) is 0 Å². The highest BCUT2D eigenvalue weighted by molar-refractivity contribution is 5.65. The van der Waals surface area contributed by atoms with E-state index in [-0.39, 0.29) is 6.10 Å². The third-order valence-electron chi connectivity index (χ3n) is 4.93. The van der Waals surface area contributed by atoms with Crippen LogP contribution >= 0.6 is 0 Å². The fourth-order valence-corrected chi connectivity index (χ4v) is 3.64. The minimum Gasteiger partial charge on any atom is -0.491 e. The molecule has 0 spiro atoms. The maximum Gasteiger partial charge on any atom is 0.222 e. The molecular weight excluding hydrogens is 348 g/mol. The molecule has 0 atom stereocenters. The van der Waals surface area contributed by atoms with Crippen LogP contribution in [0, 0.1) is 0 Å². The lowest BCUT2D eigenvalue weighted by Crippen LogP contribution is -2.24. The van der Waals surface area contributed by atoms with Crippen molar-refractivity contribution in [3.05, 3.63) is 65.7 Å². The summed E-state index contributed by atoms with van der Waals surface area (Å²) in [5, 5.41) is 0. The molecule has 0 saturated heterocycles. The van der Waals surface area contributed by atoms with Crippen LogP contribution in [0.2, 0.25) is 0 Å². The van der Waals surface area contributed by atoms with E-state index in [0.29, 0.717) is 5.95 Å². The summed E-state index contributed by atoms with van der Waals surface area (Å²) in [5.41, 5.74) is 10.7. The van der Waals surface area contributed by atoms with Crippen LogP contribution in [0.4, 0.5) is 11.8 Å². The van der Waals surface area contributed by atoms with Crippen molar-refractivity contribution < 1.29 is 4.74 Å². The van der Waals surface area contributed by atoms with Gasteiger partial charge in [-0.15, -0.1) is 0 Å². The van der Waals surface area contributed by atoms with E-state index in [4.69, 9.17) is 10.5 Å². The fourth-order valence-electron chi connectivity index (χ4n) is 3.64. The number of benzene rings is 2. The fraction of sp³-hybridized carbons (Fsp3) is 0.304. The number of nitrogen functional groups attached to an aromatic ring is 1. The molecule has 5 nitrogen and oxygen atoms in total. The van der Waals surface area contributed by atoms with Gasteiger partial charge < -0.3 is 15.4 Å². The summed E-state index contributed by atoms with van der Waals surface area (Å²) in [6, 6.07) is 18.6. The summed E-state index contributed by atoms with van der Waals surface area (Å²) in [4.78, 5) is 11.3. The van der Waals surface area contributed by atoms with Gasteiger partial charge in [-0.3, -0.25) is 0 Å². The molecule has 28 heavy (non-hydrogen) atoms. The molecule has 1 aromatic heterocycles. The van der Waals surface area contributed by atoms with Crippen molar-refractivity contribution in [1.29, 1.82) is 0 Å². The van der Waals surface area contributed by atoms with E-state index in [0.717, 1.165) is 48.8 Å². The van der Waals surface area contributed by atoms with Gasteiger partial charge in [-0.2, -0.15) is 4.98 Å².